The Morgan fingerprint density at radius 2 is 2.10 bits per heavy atom. The molecule has 1 aromatic heterocycles. The average Bonchev–Trinajstić information content (AvgIpc) is 2.49. The first-order chi connectivity index (χ1) is 9.79. The lowest BCUT2D eigenvalue weighted by atomic mass is 10.1. The Balaban J connectivity index is 1.75. The number of pyridine rings is 1. The predicted octanol–water partition coefficient (Wildman–Crippen LogP) is 1.90. The van der Waals surface area contributed by atoms with Gasteiger partial charge in [0.05, 0.1) is 6.61 Å². The molecule has 0 aliphatic carbocycles. The van der Waals surface area contributed by atoms with Gasteiger partial charge in [-0.2, -0.15) is 0 Å². The van der Waals surface area contributed by atoms with Crippen LogP contribution in [0.3, 0.4) is 0 Å². The normalized spacial score (nSPS) is 11.3. The molecular weight excluding hydrogens is 250 g/mol. The Labute approximate surface area is 120 Å². The second-order valence-corrected chi connectivity index (χ2v) is 5.03. The van der Waals surface area contributed by atoms with Gasteiger partial charge in [0.2, 0.25) is 0 Å². The third-order valence-electron chi connectivity index (χ3n) is 3.38. The lowest BCUT2D eigenvalue weighted by molar-refractivity contribution is 0.161. The zero-order valence-corrected chi connectivity index (χ0v) is 12.3. The van der Waals surface area contributed by atoms with Gasteiger partial charge >= 0.3 is 0 Å². The van der Waals surface area contributed by atoms with Crippen LogP contribution >= 0.6 is 0 Å². The van der Waals surface area contributed by atoms with Crippen LogP contribution in [0.2, 0.25) is 0 Å². The van der Waals surface area contributed by atoms with Crippen LogP contribution in [0.15, 0.2) is 36.7 Å². The lowest BCUT2D eigenvalue weighted by Crippen LogP contribution is -2.31. The van der Waals surface area contributed by atoms with Gasteiger partial charge < -0.3 is 15.0 Å². The summed E-state index contributed by atoms with van der Waals surface area (Å²) in [6, 6.07) is 8.56. The standard InChI is InChI=1S/C16H23N3O/c1-19(9-10-20-2)8-7-18-12-14-3-4-16-13-17-6-5-15(16)11-14/h3-6,11,13,18H,7-10,12H2,1-2H3. The van der Waals surface area contributed by atoms with Crippen LogP contribution < -0.4 is 5.32 Å². The van der Waals surface area contributed by atoms with Crippen LogP contribution in [0.5, 0.6) is 0 Å². The number of hydrogen-bond donors (Lipinski definition) is 1. The zero-order valence-electron chi connectivity index (χ0n) is 12.3. The van der Waals surface area contributed by atoms with Gasteiger partial charge in [-0.15, -0.1) is 0 Å². The summed E-state index contributed by atoms with van der Waals surface area (Å²) >= 11 is 0. The van der Waals surface area contributed by atoms with Gasteiger partial charge in [-0.25, -0.2) is 0 Å². The lowest BCUT2D eigenvalue weighted by Gasteiger charge is -2.16. The van der Waals surface area contributed by atoms with Crippen LogP contribution in [0, 0.1) is 0 Å². The van der Waals surface area contributed by atoms with Crippen molar-refractivity contribution in [2.24, 2.45) is 0 Å². The third kappa shape index (κ3) is 4.56. The summed E-state index contributed by atoms with van der Waals surface area (Å²) in [4.78, 5) is 6.40. The van der Waals surface area contributed by atoms with E-state index in [-0.39, 0.29) is 0 Å². The second-order valence-electron chi connectivity index (χ2n) is 5.03. The number of aromatic nitrogens is 1. The number of benzene rings is 1. The largest absolute Gasteiger partial charge is 0.383 e. The third-order valence-corrected chi connectivity index (χ3v) is 3.38. The number of methoxy groups -OCH3 is 1. The van der Waals surface area contributed by atoms with Crippen molar-refractivity contribution in [1.82, 2.24) is 15.2 Å². The van der Waals surface area contributed by atoms with Crippen molar-refractivity contribution in [3.63, 3.8) is 0 Å². The van der Waals surface area contributed by atoms with E-state index in [1.165, 1.54) is 16.3 Å². The summed E-state index contributed by atoms with van der Waals surface area (Å²) in [5.74, 6) is 0. The van der Waals surface area contributed by atoms with E-state index in [1.54, 1.807) is 7.11 Å². The number of ether oxygens (including phenoxy) is 1. The van der Waals surface area contributed by atoms with Gasteiger partial charge in [-0.05, 0) is 30.1 Å². The first kappa shape index (κ1) is 14.9. The quantitative estimate of drug-likeness (QED) is 0.746. The molecule has 0 aliphatic rings. The van der Waals surface area contributed by atoms with E-state index in [0.717, 1.165) is 32.8 Å². The minimum Gasteiger partial charge on any atom is -0.383 e. The number of nitrogens with zero attached hydrogens (tertiary/aromatic N) is 2. The first-order valence-electron chi connectivity index (χ1n) is 7.00. The van der Waals surface area contributed by atoms with Crippen LogP contribution in [0.1, 0.15) is 5.56 Å². The number of fused-ring (bicyclic) bond motifs is 1. The Kier molecular flexibility index (Phi) is 5.92. The van der Waals surface area contributed by atoms with Gasteiger partial charge in [0, 0.05) is 51.1 Å². The number of likely N-dealkylation sites (N-methyl/N-ethyl adjacent to an activating group) is 1. The van der Waals surface area contributed by atoms with Crippen molar-refractivity contribution >= 4 is 10.8 Å². The van der Waals surface area contributed by atoms with Gasteiger partial charge in [-0.1, -0.05) is 12.1 Å². The molecule has 0 saturated carbocycles. The number of hydrogen-bond acceptors (Lipinski definition) is 4. The van der Waals surface area contributed by atoms with Crippen molar-refractivity contribution in [2.45, 2.75) is 6.54 Å². The van der Waals surface area contributed by atoms with Gasteiger partial charge in [0.25, 0.3) is 0 Å². The number of rotatable bonds is 8. The Bertz CT molecular complexity index is 530. The molecule has 1 aromatic carbocycles. The van der Waals surface area contributed by atoms with E-state index >= 15 is 0 Å². The van der Waals surface area contributed by atoms with Crippen molar-refractivity contribution in [3.05, 3.63) is 42.2 Å². The second kappa shape index (κ2) is 7.94. The van der Waals surface area contributed by atoms with Crippen LogP contribution in [-0.4, -0.2) is 50.3 Å². The maximum Gasteiger partial charge on any atom is 0.0589 e. The van der Waals surface area contributed by atoms with Gasteiger partial charge in [0.15, 0.2) is 0 Å². The monoisotopic (exact) mass is 273 g/mol. The van der Waals surface area contributed by atoms with Crippen LogP contribution in [0.4, 0.5) is 0 Å². The molecule has 2 rings (SSSR count). The summed E-state index contributed by atoms with van der Waals surface area (Å²) in [6.45, 7) is 4.67. The molecule has 0 fully saturated rings. The molecule has 108 valence electrons. The molecule has 4 heteroatoms. The molecule has 4 nitrogen and oxygen atoms in total. The maximum absolute atomic E-state index is 5.06. The molecule has 0 radical (unpaired) electrons. The molecule has 2 aromatic rings. The predicted molar refractivity (Wildman–Crippen MR) is 82.8 cm³/mol. The fourth-order valence-electron chi connectivity index (χ4n) is 2.10. The first-order valence-corrected chi connectivity index (χ1v) is 7.00. The maximum atomic E-state index is 5.06. The van der Waals surface area contributed by atoms with E-state index in [9.17, 15) is 0 Å². The minimum atomic E-state index is 0.787. The molecule has 1 N–H and O–H groups in total. The highest BCUT2D eigenvalue weighted by molar-refractivity contribution is 5.81. The molecule has 0 bridgehead atoms. The molecule has 20 heavy (non-hydrogen) atoms. The molecule has 0 spiro atoms. The van der Waals surface area contributed by atoms with Crippen molar-refractivity contribution in [2.75, 3.05) is 40.4 Å². The van der Waals surface area contributed by atoms with Crippen LogP contribution in [0.25, 0.3) is 10.8 Å². The van der Waals surface area contributed by atoms with E-state index in [1.807, 2.05) is 12.4 Å². The summed E-state index contributed by atoms with van der Waals surface area (Å²) in [7, 11) is 3.85. The van der Waals surface area contributed by atoms with E-state index < -0.39 is 0 Å². The fourth-order valence-corrected chi connectivity index (χ4v) is 2.10. The van der Waals surface area contributed by atoms with Crippen LogP contribution in [-0.2, 0) is 11.3 Å². The highest BCUT2D eigenvalue weighted by Gasteiger charge is 1.99. The molecule has 0 atom stereocenters. The van der Waals surface area contributed by atoms with Crippen molar-refractivity contribution in [3.8, 4) is 0 Å². The Morgan fingerprint density at radius 1 is 1.20 bits per heavy atom. The molecule has 0 saturated heterocycles. The fraction of sp³-hybridized carbons (Fsp3) is 0.438. The molecule has 0 amide bonds. The SMILES string of the molecule is COCCN(C)CCNCc1ccc2cnccc2c1. The van der Waals surface area contributed by atoms with E-state index in [2.05, 4.69) is 46.5 Å². The average molecular weight is 273 g/mol. The minimum absolute atomic E-state index is 0.787. The summed E-state index contributed by atoms with van der Waals surface area (Å²) in [5, 5.41) is 5.91. The van der Waals surface area contributed by atoms with Crippen molar-refractivity contribution < 1.29 is 4.74 Å². The van der Waals surface area contributed by atoms with Gasteiger partial charge in [0.1, 0.15) is 0 Å². The van der Waals surface area contributed by atoms with Gasteiger partial charge in [-0.3, -0.25) is 4.98 Å². The molecule has 0 aliphatic heterocycles. The van der Waals surface area contributed by atoms with E-state index in [4.69, 9.17) is 4.74 Å². The zero-order chi connectivity index (χ0) is 14.2. The topological polar surface area (TPSA) is 37.4 Å². The summed E-state index contributed by atoms with van der Waals surface area (Å²) in [5.41, 5.74) is 1.31. The molecular formula is C16H23N3O. The van der Waals surface area contributed by atoms with E-state index in [0.29, 0.717) is 0 Å². The Morgan fingerprint density at radius 3 is 2.95 bits per heavy atom. The summed E-state index contributed by atoms with van der Waals surface area (Å²) < 4.78 is 5.06. The highest BCUT2D eigenvalue weighted by Crippen LogP contribution is 2.14. The Hall–Kier alpha value is -1.49. The summed E-state index contributed by atoms with van der Waals surface area (Å²) in [6.07, 6.45) is 3.74. The van der Waals surface area contributed by atoms with Crippen molar-refractivity contribution in [1.29, 1.82) is 0 Å². The smallest absolute Gasteiger partial charge is 0.0589 e. The molecule has 1 heterocycles. The number of nitrogens with one attached hydrogen (secondary N) is 1. The molecule has 0 unspecified atom stereocenters. The highest BCUT2D eigenvalue weighted by atomic mass is 16.5.